The van der Waals surface area contributed by atoms with Crippen LogP contribution in [0.15, 0.2) is 45.9 Å². The van der Waals surface area contributed by atoms with Crippen LogP contribution in [0.3, 0.4) is 0 Å². The van der Waals surface area contributed by atoms with Gasteiger partial charge in [-0.2, -0.15) is 11.3 Å². The van der Waals surface area contributed by atoms with Gasteiger partial charge in [-0.05, 0) is 47.9 Å². The number of nitrogens with one attached hydrogen (secondary N) is 1. The number of aryl methyl sites for hydroxylation is 1. The molecule has 6 heteroatoms. The smallest absolute Gasteiger partial charge is 0.306 e. The van der Waals surface area contributed by atoms with Crippen LogP contribution < -0.4 is 5.56 Å². The van der Waals surface area contributed by atoms with Crippen molar-refractivity contribution >= 4 is 28.2 Å². The van der Waals surface area contributed by atoms with Crippen molar-refractivity contribution in [3.63, 3.8) is 0 Å². The van der Waals surface area contributed by atoms with Crippen molar-refractivity contribution in [1.29, 1.82) is 0 Å². The Labute approximate surface area is 137 Å². The minimum absolute atomic E-state index is 0.230. The van der Waals surface area contributed by atoms with E-state index in [0.29, 0.717) is 29.6 Å². The molecule has 0 aliphatic heterocycles. The summed E-state index contributed by atoms with van der Waals surface area (Å²) in [6.07, 6.45) is 0.359. The number of hydrogen-bond acceptors (Lipinski definition) is 5. The fourth-order valence-corrected chi connectivity index (χ4v) is 2.99. The SMILES string of the molecule is C[C@@H](OC(=O)CCc1ccsc1)c1nc2ccccc2c(=O)[nH]1. The molecule has 1 N–H and O–H groups in total. The second-order valence-corrected chi connectivity index (χ2v) is 6.01. The van der Waals surface area contributed by atoms with Gasteiger partial charge in [0.15, 0.2) is 11.9 Å². The highest BCUT2D eigenvalue weighted by Gasteiger charge is 2.15. The molecular formula is C17H16N2O3S. The molecule has 0 amide bonds. The molecule has 2 heterocycles. The average Bonchev–Trinajstić information content (AvgIpc) is 3.06. The largest absolute Gasteiger partial charge is 0.454 e. The van der Waals surface area contributed by atoms with Crippen LogP contribution in [-0.2, 0) is 16.0 Å². The van der Waals surface area contributed by atoms with Crippen LogP contribution in [0.5, 0.6) is 0 Å². The summed E-state index contributed by atoms with van der Waals surface area (Å²) in [5.74, 6) is 0.0529. The number of benzene rings is 1. The van der Waals surface area contributed by atoms with Gasteiger partial charge in [0.25, 0.3) is 5.56 Å². The highest BCUT2D eigenvalue weighted by Crippen LogP contribution is 2.16. The van der Waals surface area contributed by atoms with E-state index in [0.717, 1.165) is 5.56 Å². The molecule has 1 aromatic carbocycles. The molecule has 3 aromatic rings. The molecule has 0 spiro atoms. The van der Waals surface area contributed by atoms with Crippen molar-refractivity contribution in [2.45, 2.75) is 25.9 Å². The second-order valence-electron chi connectivity index (χ2n) is 5.23. The number of rotatable bonds is 5. The van der Waals surface area contributed by atoms with Crippen LogP contribution in [0.2, 0.25) is 0 Å². The number of hydrogen-bond donors (Lipinski definition) is 1. The number of thiophene rings is 1. The summed E-state index contributed by atoms with van der Waals surface area (Å²) in [5, 5.41) is 4.51. The van der Waals surface area contributed by atoms with Crippen molar-refractivity contribution in [1.82, 2.24) is 9.97 Å². The minimum Gasteiger partial charge on any atom is -0.454 e. The third kappa shape index (κ3) is 3.65. The molecule has 0 aliphatic rings. The first-order valence-electron chi connectivity index (χ1n) is 7.33. The van der Waals surface area contributed by atoms with Crippen LogP contribution in [0.1, 0.15) is 30.8 Å². The Kier molecular flexibility index (Phi) is 4.52. The number of esters is 1. The monoisotopic (exact) mass is 328 g/mol. The van der Waals surface area contributed by atoms with Crippen molar-refractivity contribution in [3.8, 4) is 0 Å². The number of para-hydroxylation sites is 1. The van der Waals surface area contributed by atoms with Gasteiger partial charge in [-0.1, -0.05) is 12.1 Å². The third-order valence-electron chi connectivity index (χ3n) is 3.52. The number of nitrogens with zero attached hydrogens (tertiary/aromatic N) is 1. The first-order valence-corrected chi connectivity index (χ1v) is 8.27. The van der Waals surface area contributed by atoms with Crippen molar-refractivity contribution in [3.05, 3.63) is 62.8 Å². The third-order valence-corrected chi connectivity index (χ3v) is 4.25. The number of fused-ring (bicyclic) bond motifs is 1. The summed E-state index contributed by atoms with van der Waals surface area (Å²) < 4.78 is 5.37. The number of carbonyl (C=O) groups is 1. The summed E-state index contributed by atoms with van der Waals surface area (Å²) in [4.78, 5) is 31.0. The van der Waals surface area contributed by atoms with Gasteiger partial charge in [-0.25, -0.2) is 4.98 Å². The summed E-state index contributed by atoms with van der Waals surface area (Å²) in [6, 6.07) is 9.06. The maximum atomic E-state index is 12.0. The lowest BCUT2D eigenvalue weighted by Gasteiger charge is -2.13. The highest BCUT2D eigenvalue weighted by molar-refractivity contribution is 7.07. The van der Waals surface area contributed by atoms with Crippen molar-refractivity contribution < 1.29 is 9.53 Å². The molecule has 3 rings (SSSR count). The van der Waals surface area contributed by atoms with Crippen molar-refractivity contribution in [2.75, 3.05) is 0 Å². The molecule has 23 heavy (non-hydrogen) atoms. The van der Waals surface area contributed by atoms with Crippen LogP contribution >= 0.6 is 11.3 Å². The number of aromatic nitrogens is 2. The minimum atomic E-state index is -0.595. The zero-order valence-electron chi connectivity index (χ0n) is 12.6. The Balaban J connectivity index is 1.69. The number of carbonyl (C=O) groups excluding carboxylic acids is 1. The van der Waals surface area contributed by atoms with E-state index >= 15 is 0 Å². The molecular weight excluding hydrogens is 312 g/mol. The maximum absolute atomic E-state index is 12.0. The Morgan fingerprint density at radius 3 is 2.96 bits per heavy atom. The quantitative estimate of drug-likeness (QED) is 0.730. The molecule has 0 unspecified atom stereocenters. The van der Waals surface area contributed by atoms with Gasteiger partial charge in [0.05, 0.1) is 10.9 Å². The first kappa shape index (κ1) is 15.4. The zero-order valence-corrected chi connectivity index (χ0v) is 13.4. The number of H-pyrrole nitrogens is 1. The van der Waals surface area contributed by atoms with Gasteiger partial charge in [-0.3, -0.25) is 9.59 Å². The fourth-order valence-electron chi connectivity index (χ4n) is 2.29. The van der Waals surface area contributed by atoms with E-state index in [2.05, 4.69) is 9.97 Å². The Morgan fingerprint density at radius 1 is 1.35 bits per heavy atom. The standard InChI is InChI=1S/C17H16N2O3S/c1-11(22-15(20)7-6-12-8-9-23-10-12)16-18-14-5-3-2-4-13(14)17(21)19-16/h2-5,8-11H,6-7H2,1H3,(H,18,19,21)/t11-/m1/s1. The fraction of sp³-hybridized carbons (Fsp3) is 0.235. The lowest BCUT2D eigenvalue weighted by molar-refractivity contribution is -0.148. The normalized spacial score (nSPS) is 12.2. The first-order chi connectivity index (χ1) is 11.1. The molecule has 1 atom stereocenters. The highest BCUT2D eigenvalue weighted by atomic mass is 32.1. The predicted octanol–water partition coefficient (Wildman–Crippen LogP) is 3.22. The van der Waals surface area contributed by atoms with E-state index in [-0.39, 0.29) is 11.5 Å². The Bertz CT molecular complexity index is 871. The van der Waals surface area contributed by atoms with Gasteiger partial charge < -0.3 is 9.72 Å². The molecule has 2 aromatic heterocycles. The van der Waals surface area contributed by atoms with Crippen LogP contribution in [0.4, 0.5) is 0 Å². The van der Waals surface area contributed by atoms with E-state index in [1.807, 2.05) is 22.9 Å². The number of aromatic amines is 1. The lowest BCUT2D eigenvalue weighted by atomic mass is 10.2. The van der Waals surface area contributed by atoms with E-state index in [9.17, 15) is 9.59 Å². The van der Waals surface area contributed by atoms with Crippen LogP contribution in [0.25, 0.3) is 10.9 Å². The summed E-state index contributed by atoms with van der Waals surface area (Å²) in [7, 11) is 0. The molecule has 0 bridgehead atoms. The molecule has 5 nitrogen and oxygen atoms in total. The van der Waals surface area contributed by atoms with E-state index in [4.69, 9.17) is 4.74 Å². The van der Waals surface area contributed by atoms with Gasteiger partial charge in [0.2, 0.25) is 0 Å². The topological polar surface area (TPSA) is 72.0 Å². The van der Waals surface area contributed by atoms with Gasteiger partial charge >= 0.3 is 5.97 Å². The molecule has 0 aliphatic carbocycles. The van der Waals surface area contributed by atoms with Gasteiger partial charge in [-0.15, -0.1) is 0 Å². The van der Waals surface area contributed by atoms with E-state index < -0.39 is 6.10 Å². The van der Waals surface area contributed by atoms with Gasteiger partial charge in [0, 0.05) is 6.42 Å². The van der Waals surface area contributed by atoms with Crippen LogP contribution in [-0.4, -0.2) is 15.9 Å². The molecule has 0 saturated heterocycles. The predicted molar refractivity (Wildman–Crippen MR) is 89.5 cm³/mol. The molecule has 0 radical (unpaired) electrons. The average molecular weight is 328 g/mol. The Morgan fingerprint density at radius 2 is 2.17 bits per heavy atom. The van der Waals surface area contributed by atoms with Gasteiger partial charge in [0.1, 0.15) is 0 Å². The van der Waals surface area contributed by atoms with E-state index in [1.54, 1.807) is 36.5 Å². The maximum Gasteiger partial charge on any atom is 0.306 e. The molecule has 118 valence electrons. The van der Waals surface area contributed by atoms with Crippen molar-refractivity contribution in [2.24, 2.45) is 0 Å². The van der Waals surface area contributed by atoms with Crippen LogP contribution in [0, 0.1) is 0 Å². The summed E-state index contributed by atoms with van der Waals surface area (Å²) in [5.41, 5.74) is 1.48. The Hall–Kier alpha value is -2.47. The summed E-state index contributed by atoms with van der Waals surface area (Å²) in [6.45, 7) is 1.70. The number of ether oxygens (including phenoxy) is 1. The van der Waals surface area contributed by atoms with E-state index in [1.165, 1.54) is 0 Å². The second kappa shape index (κ2) is 6.75. The lowest BCUT2D eigenvalue weighted by Crippen LogP contribution is -2.17. The molecule has 0 fully saturated rings. The zero-order chi connectivity index (χ0) is 16.2. The summed E-state index contributed by atoms with van der Waals surface area (Å²) >= 11 is 1.60. The molecule has 0 saturated carbocycles.